The van der Waals surface area contributed by atoms with Gasteiger partial charge < -0.3 is 9.94 Å². The van der Waals surface area contributed by atoms with Crippen LogP contribution in [0.25, 0.3) is 0 Å². The first-order valence-electron chi connectivity index (χ1n) is 4.80. The first kappa shape index (κ1) is 13.9. The highest BCUT2D eigenvalue weighted by molar-refractivity contribution is 8.35. The van der Waals surface area contributed by atoms with Gasteiger partial charge in [-0.05, 0) is 20.8 Å². The molecule has 0 aromatic carbocycles. The van der Waals surface area contributed by atoms with Gasteiger partial charge in [-0.25, -0.2) is 4.79 Å². The highest BCUT2D eigenvalue weighted by Crippen LogP contribution is 2.50. The fraction of sp³-hybridized carbons (Fsp3) is 0.500. The minimum Gasteiger partial charge on any atom is -0.444 e. The first-order chi connectivity index (χ1) is 7.89. The molecule has 1 unspecified atom stereocenters. The molecule has 5 nitrogen and oxygen atoms in total. The fourth-order valence-corrected chi connectivity index (χ4v) is 3.76. The van der Waals surface area contributed by atoms with Crippen LogP contribution in [0.4, 0.5) is 0 Å². The maximum atomic E-state index is 11.4. The number of ether oxygens (including phenoxy) is 1. The second kappa shape index (κ2) is 5.47. The lowest BCUT2D eigenvalue weighted by atomic mass is 10.2. The van der Waals surface area contributed by atoms with Crippen LogP contribution in [-0.2, 0) is 9.53 Å². The van der Waals surface area contributed by atoms with Gasteiger partial charge in [0.25, 0.3) is 0 Å². The van der Waals surface area contributed by atoms with E-state index in [1.165, 1.54) is 36.5 Å². The van der Waals surface area contributed by atoms with Crippen LogP contribution < -0.4 is 0 Å². The van der Waals surface area contributed by atoms with Crippen molar-refractivity contribution >= 4 is 34.5 Å². The molecule has 0 aliphatic carbocycles. The molecule has 7 heteroatoms. The Labute approximate surface area is 108 Å². The molecule has 1 N–H and O–H groups in total. The molecule has 0 spiro atoms. The lowest BCUT2D eigenvalue weighted by Crippen LogP contribution is -2.19. The van der Waals surface area contributed by atoms with E-state index in [9.17, 15) is 4.79 Å². The number of nitriles is 1. The second-order valence-electron chi connectivity index (χ2n) is 3.79. The number of nitrogens with zero attached hydrogens (tertiary/aromatic N) is 2. The van der Waals surface area contributed by atoms with E-state index in [1.54, 1.807) is 0 Å². The first-order valence-corrected chi connectivity index (χ1v) is 6.43. The predicted molar refractivity (Wildman–Crippen MR) is 67.7 cm³/mol. The highest BCUT2D eigenvalue weighted by atomic mass is 32.2. The van der Waals surface area contributed by atoms with Gasteiger partial charge in [0, 0.05) is 6.08 Å². The molecule has 1 atom stereocenters. The minimum atomic E-state index is -0.769. The van der Waals surface area contributed by atoms with E-state index in [4.69, 9.17) is 15.2 Å². The standard InChI is InChI=1S/C10H12N2O3S2/c1-6(5-11)15-7(13)4-8-16-9(12-14)10(2,3)17-8/h4,6,14H,1-3H3. The van der Waals surface area contributed by atoms with E-state index in [0.29, 0.717) is 9.28 Å². The molecule has 1 heterocycles. The molecule has 1 aliphatic rings. The summed E-state index contributed by atoms with van der Waals surface area (Å²) in [5.41, 5.74) is 0. The van der Waals surface area contributed by atoms with Crippen LogP contribution in [0.3, 0.4) is 0 Å². The number of carbonyl (C=O) groups is 1. The van der Waals surface area contributed by atoms with Gasteiger partial charge in [-0.15, -0.1) is 11.8 Å². The Morgan fingerprint density at radius 3 is 2.82 bits per heavy atom. The van der Waals surface area contributed by atoms with Crippen LogP contribution in [-0.4, -0.2) is 27.1 Å². The van der Waals surface area contributed by atoms with Gasteiger partial charge in [-0.2, -0.15) is 5.26 Å². The molecular weight excluding hydrogens is 260 g/mol. The van der Waals surface area contributed by atoms with Gasteiger partial charge >= 0.3 is 5.97 Å². The molecule has 1 fully saturated rings. The summed E-state index contributed by atoms with van der Waals surface area (Å²) in [7, 11) is 0. The van der Waals surface area contributed by atoms with Crippen LogP contribution in [0.15, 0.2) is 15.5 Å². The SMILES string of the molecule is CC(C#N)OC(=O)C=C1SC(=NO)C(C)(C)S1. The van der Waals surface area contributed by atoms with Crippen LogP contribution in [0, 0.1) is 11.3 Å². The number of hydrogen-bond donors (Lipinski definition) is 1. The molecule has 0 aromatic rings. The third-order valence-corrected chi connectivity index (χ3v) is 4.63. The third-order valence-electron chi connectivity index (χ3n) is 1.87. The summed E-state index contributed by atoms with van der Waals surface area (Å²) in [6, 6.07) is 1.81. The van der Waals surface area contributed by atoms with Crippen LogP contribution in [0.5, 0.6) is 0 Å². The number of rotatable bonds is 2. The van der Waals surface area contributed by atoms with Crippen molar-refractivity contribution in [2.45, 2.75) is 31.6 Å². The third kappa shape index (κ3) is 3.68. The van der Waals surface area contributed by atoms with E-state index in [1.807, 2.05) is 19.9 Å². The van der Waals surface area contributed by atoms with E-state index < -0.39 is 12.1 Å². The van der Waals surface area contributed by atoms with Gasteiger partial charge in [0.2, 0.25) is 0 Å². The monoisotopic (exact) mass is 272 g/mol. The number of hydrogen-bond acceptors (Lipinski definition) is 7. The zero-order valence-electron chi connectivity index (χ0n) is 9.63. The largest absolute Gasteiger partial charge is 0.444 e. The van der Waals surface area contributed by atoms with Crippen LogP contribution >= 0.6 is 23.5 Å². The van der Waals surface area contributed by atoms with Gasteiger partial charge in [0.15, 0.2) is 6.10 Å². The summed E-state index contributed by atoms with van der Waals surface area (Å²) in [5.74, 6) is -0.566. The van der Waals surface area contributed by atoms with Crippen molar-refractivity contribution in [3.8, 4) is 6.07 Å². The molecule has 92 valence electrons. The summed E-state index contributed by atoms with van der Waals surface area (Å²) in [4.78, 5) is 11.4. The Kier molecular flexibility index (Phi) is 4.48. The fourth-order valence-electron chi connectivity index (χ4n) is 1.06. The summed E-state index contributed by atoms with van der Waals surface area (Å²) in [6.45, 7) is 5.28. The van der Waals surface area contributed by atoms with Crippen molar-refractivity contribution in [1.29, 1.82) is 5.26 Å². The Morgan fingerprint density at radius 1 is 1.71 bits per heavy atom. The number of esters is 1. The van der Waals surface area contributed by atoms with Gasteiger partial charge in [0.05, 0.1) is 8.98 Å². The van der Waals surface area contributed by atoms with Crippen LogP contribution in [0.2, 0.25) is 0 Å². The van der Waals surface area contributed by atoms with E-state index in [2.05, 4.69) is 5.16 Å². The van der Waals surface area contributed by atoms with E-state index >= 15 is 0 Å². The average molecular weight is 272 g/mol. The van der Waals surface area contributed by atoms with E-state index in [-0.39, 0.29) is 4.75 Å². The predicted octanol–water partition coefficient (Wildman–Crippen LogP) is 2.33. The summed E-state index contributed by atoms with van der Waals surface area (Å²) < 4.78 is 5.13. The van der Waals surface area contributed by atoms with Gasteiger partial charge in [-0.1, -0.05) is 16.9 Å². The maximum absolute atomic E-state index is 11.4. The van der Waals surface area contributed by atoms with Crippen molar-refractivity contribution in [1.82, 2.24) is 0 Å². The minimum absolute atomic E-state index is 0.355. The highest BCUT2D eigenvalue weighted by Gasteiger charge is 2.37. The molecule has 0 aromatic heterocycles. The molecule has 17 heavy (non-hydrogen) atoms. The topological polar surface area (TPSA) is 82.7 Å². The van der Waals surface area contributed by atoms with Crippen LogP contribution in [0.1, 0.15) is 20.8 Å². The average Bonchev–Trinajstić information content (AvgIpc) is 2.51. The number of carbonyl (C=O) groups excluding carboxylic acids is 1. The molecule has 0 bridgehead atoms. The molecule has 1 rings (SSSR count). The molecule has 0 saturated carbocycles. The van der Waals surface area contributed by atoms with Crippen molar-refractivity contribution in [3.63, 3.8) is 0 Å². The quantitative estimate of drug-likeness (QED) is 0.359. The lowest BCUT2D eigenvalue weighted by molar-refractivity contribution is -0.139. The van der Waals surface area contributed by atoms with Crippen molar-refractivity contribution in [2.24, 2.45) is 5.16 Å². The molecular formula is C10H12N2O3S2. The van der Waals surface area contributed by atoms with Crippen molar-refractivity contribution in [2.75, 3.05) is 0 Å². The Bertz CT molecular complexity index is 424. The molecule has 0 amide bonds. The zero-order valence-corrected chi connectivity index (χ0v) is 11.3. The lowest BCUT2D eigenvalue weighted by Gasteiger charge is -2.12. The normalized spacial score (nSPS) is 24.6. The Hall–Kier alpha value is -1.13. The number of thioether (sulfide) groups is 2. The Morgan fingerprint density at radius 2 is 2.35 bits per heavy atom. The van der Waals surface area contributed by atoms with E-state index in [0.717, 1.165) is 0 Å². The van der Waals surface area contributed by atoms with Gasteiger partial charge in [-0.3, -0.25) is 0 Å². The maximum Gasteiger partial charge on any atom is 0.333 e. The van der Waals surface area contributed by atoms with Gasteiger partial charge in [0.1, 0.15) is 11.1 Å². The molecule has 1 saturated heterocycles. The van der Waals surface area contributed by atoms with Crippen molar-refractivity contribution in [3.05, 3.63) is 10.3 Å². The summed E-state index contributed by atoms with van der Waals surface area (Å²) in [6.07, 6.45) is 0.540. The summed E-state index contributed by atoms with van der Waals surface area (Å²) in [5, 5.41) is 21.0. The molecule has 1 aliphatic heterocycles. The zero-order chi connectivity index (χ0) is 13.1. The smallest absolute Gasteiger partial charge is 0.333 e. The number of oxime groups is 1. The molecule has 0 radical (unpaired) electrons. The second-order valence-corrected chi connectivity index (χ2v) is 6.74. The summed E-state index contributed by atoms with van der Waals surface area (Å²) >= 11 is 2.63. The Balaban J connectivity index is 2.71. The van der Waals surface area contributed by atoms with Crippen molar-refractivity contribution < 1.29 is 14.7 Å².